The molecule has 0 saturated heterocycles. The normalized spacial score (nSPS) is 11.9. The maximum Gasteiger partial charge on any atom is 0.573 e. The van der Waals surface area contributed by atoms with E-state index in [-0.39, 0.29) is 4.90 Å². The Labute approximate surface area is 162 Å². The van der Waals surface area contributed by atoms with E-state index in [1.54, 1.807) is 18.2 Å². The van der Waals surface area contributed by atoms with E-state index in [1.165, 1.54) is 7.05 Å². The highest BCUT2D eigenvalue weighted by atomic mass is 32.2. The fraction of sp³-hybridized carbons (Fsp3) is 0.263. The van der Waals surface area contributed by atoms with Crippen LogP contribution in [0.5, 0.6) is 5.75 Å². The zero-order valence-corrected chi connectivity index (χ0v) is 16.1. The van der Waals surface area contributed by atoms with Gasteiger partial charge in [-0.15, -0.1) is 19.8 Å². The minimum atomic E-state index is -4.83. The van der Waals surface area contributed by atoms with Crippen LogP contribution < -0.4 is 14.4 Å². The molecular weight excluding hydrogens is 393 g/mol. The number of hydrogen-bond donors (Lipinski definition) is 1. The van der Waals surface area contributed by atoms with Crippen molar-refractivity contribution < 1.29 is 26.3 Å². The minimum absolute atomic E-state index is 0.137. The molecule has 0 aliphatic carbocycles. The van der Waals surface area contributed by atoms with Gasteiger partial charge in [0, 0.05) is 13.6 Å². The molecule has 2 rings (SSSR count). The Morgan fingerprint density at radius 3 is 2.25 bits per heavy atom. The molecule has 0 aliphatic heterocycles. The average molecular weight is 414 g/mol. The maximum atomic E-state index is 12.7. The smallest absolute Gasteiger partial charge is 0.406 e. The summed E-state index contributed by atoms with van der Waals surface area (Å²) in [6.07, 6.45) is -2.28. The van der Waals surface area contributed by atoms with Gasteiger partial charge in [0.05, 0.1) is 10.6 Å². The summed E-state index contributed by atoms with van der Waals surface area (Å²) < 4.78 is 66.9. The number of anilines is 1. The van der Waals surface area contributed by atoms with E-state index in [0.717, 1.165) is 47.1 Å². The Kier molecular flexibility index (Phi) is 7.09. The number of nitrogens with one attached hydrogen (secondary N) is 1. The molecule has 0 atom stereocenters. The van der Waals surface area contributed by atoms with Crippen LogP contribution in [0.1, 0.15) is 5.56 Å². The number of benzene rings is 2. The second-order valence-electron chi connectivity index (χ2n) is 5.90. The van der Waals surface area contributed by atoms with Gasteiger partial charge < -0.3 is 10.1 Å². The molecular formula is C19H21F3N2O3S. The third-order valence-electron chi connectivity index (χ3n) is 3.89. The highest BCUT2D eigenvalue weighted by Gasteiger charge is 2.31. The molecule has 0 amide bonds. The SMILES string of the molecule is C=CCNCCc1ccc(N(C)S(=O)(=O)c2ccc(OC(F)(F)F)cc2)cc1. The lowest BCUT2D eigenvalue weighted by Gasteiger charge is -2.20. The fourth-order valence-corrected chi connectivity index (χ4v) is 3.62. The van der Waals surface area contributed by atoms with E-state index in [1.807, 2.05) is 12.1 Å². The first-order valence-electron chi connectivity index (χ1n) is 8.39. The van der Waals surface area contributed by atoms with Gasteiger partial charge in [0.25, 0.3) is 10.0 Å². The highest BCUT2D eigenvalue weighted by Crippen LogP contribution is 2.26. The van der Waals surface area contributed by atoms with Gasteiger partial charge in [-0.25, -0.2) is 8.42 Å². The van der Waals surface area contributed by atoms with E-state index < -0.39 is 22.1 Å². The summed E-state index contributed by atoms with van der Waals surface area (Å²) in [6, 6.07) is 11.1. The number of alkyl halides is 3. The number of halogens is 3. The molecule has 0 fully saturated rings. The Bertz CT molecular complexity index is 880. The van der Waals surface area contributed by atoms with Crippen LogP contribution in [0.25, 0.3) is 0 Å². The molecule has 0 spiro atoms. The molecule has 0 heterocycles. The van der Waals surface area contributed by atoms with E-state index in [9.17, 15) is 21.6 Å². The first-order chi connectivity index (χ1) is 13.1. The van der Waals surface area contributed by atoms with Gasteiger partial charge >= 0.3 is 6.36 Å². The van der Waals surface area contributed by atoms with Crippen molar-refractivity contribution >= 4 is 15.7 Å². The maximum absolute atomic E-state index is 12.7. The Morgan fingerprint density at radius 1 is 1.11 bits per heavy atom. The third-order valence-corrected chi connectivity index (χ3v) is 5.69. The van der Waals surface area contributed by atoms with Crippen LogP contribution in [0.3, 0.4) is 0 Å². The molecule has 0 saturated carbocycles. The molecule has 1 N–H and O–H groups in total. The van der Waals surface area contributed by atoms with Crippen LogP contribution in [0, 0.1) is 0 Å². The monoisotopic (exact) mass is 414 g/mol. The molecule has 2 aromatic carbocycles. The van der Waals surface area contributed by atoms with E-state index in [2.05, 4.69) is 16.6 Å². The lowest BCUT2D eigenvalue weighted by Crippen LogP contribution is -2.26. The summed E-state index contributed by atoms with van der Waals surface area (Å²) in [6.45, 7) is 5.11. The van der Waals surface area contributed by atoms with E-state index in [4.69, 9.17) is 0 Å². The van der Waals surface area contributed by atoms with Gasteiger partial charge in [0.15, 0.2) is 0 Å². The fourth-order valence-electron chi connectivity index (χ4n) is 2.42. The van der Waals surface area contributed by atoms with E-state index >= 15 is 0 Å². The standard InChI is InChI=1S/C19H21F3N2O3S/c1-3-13-23-14-12-15-4-6-16(7-5-15)24(2)28(25,26)18-10-8-17(9-11-18)27-19(20,21)22/h3-11,23H,1,12-14H2,2H3. The predicted octanol–water partition coefficient (Wildman–Crippen LogP) is 3.73. The predicted molar refractivity (Wildman–Crippen MR) is 102 cm³/mol. The van der Waals surface area contributed by atoms with Crippen LogP contribution in [0.2, 0.25) is 0 Å². The number of ether oxygens (including phenoxy) is 1. The molecule has 0 aromatic heterocycles. The van der Waals surface area contributed by atoms with Crippen LogP contribution in [0.15, 0.2) is 66.1 Å². The molecule has 152 valence electrons. The molecule has 2 aromatic rings. The van der Waals surface area contributed by atoms with Crippen molar-refractivity contribution in [3.8, 4) is 5.75 Å². The quantitative estimate of drug-likeness (QED) is 0.502. The van der Waals surface area contributed by atoms with Gasteiger partial charge in [-0.1, -0.05) is 18.2 Å². The lowest BCUT2D eigenvalue weighted by molar-refractivity contribution is -0.274. The van der Waals surface area contributed by atoms with Crippen LogP contribution >= 0.6 is 0 Å². The Hall–Kier alpha value is -2.52. The number of rotatable bonds is 9. The summed E-state index contributed by atoms with van der Waals surface area (Å²) in [7, 11) is -2.53. The number of hydrogen-bond acceptors (Lipinski definition) is 4. The Balaban J connectivity index is 2.09. The van der Waals surface area contributed by atoms with Crippen LogP contribution in [0.4, 0.5) is 18.9 Å². The van der Waals surface area contributed by atoms with Crippen molar-refractivity contribution in [2.24, 2.45) is 0 Å². The van der Waals surface area contributed by atoms with Crippen LogP contribution in [-0.2, 0) is 16.4 Å². The zero-order chi connectivity index (χ0) is 20.8. The zero-order valence-electron chi connectivity index (χ0n) is 15.2. The largest absolute Gasteiger partial charge is 0.573 e. The van der Waals surface area contributed by atoms with Gasteiger partial charge in [-0.05, 0) is 54.9 Å². The molecule has 0 aliphatic rings. The topological polar surface area (TPSA) is 58.6 Å². The van der Waals surface area contributed by atoms with Crippen molar-refractivity contribution in [2.75, 3.05) is 24.4 Å². The van der Waals surface area contributed by atoms with Crippen molar-refractivity contribution in [1.82, 2.24) is 5.32 Å². The second kappa shape index (κ2) is 9.11. The summed E-state index contributed by atoms with van der Waals surface area (Å²) >= 11 is 0. The number of sulfonamides is 1. The Morgan fingerprint density at radius 2 is 1.71 bits per heavy atom. The van der Waals surface area contributed by atoms with Gasteiger partial charge in [-0.3, -0.25) is 4.31 Å². The molecule has 0 radical (unpaired) electrons. The van der Waals surface area contributed by atoms with Gasteiger partial charge in [-0.2, -0.15) is 0 Å². The van der Waals surface area contributed by atoms with Crippen LogP contribution in [-0.4, -0.2) is 34.9 Å². The first-order valence-corrected chi connectivity index (χ1v) is 9.83. The van der Waals surface area contributed by atoms with Gasteiger partial charge in [0.2, 0.25) is 0 Å². The summed E-state index contributed by atoms with van der Waals surface area (Å²) in [4.78, 5) is -0.137. The molecule has 0 bridgehead atoms. The summed E-state index contributed by atoms with van der Waals surface area (Å²) in [5.74, 6) is -0.483. The van der Waals surface area contributed by atoms with Crippen molar-refractivity contribution in [3.63, 3.8) is 0 Å². The molecule has 5 nitrogen and oxygen atoms in total. The second-order valence-corrected chi connectivity index (χ2v) is 7.87. The summed E-state index contributed by atoms with van der Waals surface area (Å²) in [5, 5.41) is 3.18. The van der Waals surface area contributed by atoms with Crippen molar-refractivity contribution in [2.45, 2.75) is 17.7 Å². The number of nitrogens with zero attached hydrogens (tertiary/aromatic N) is 1. The molecule has 9 heteroatoms. The minimum Gasteiger partial charge on any atom is -0.406 e. The molecule has 0 unspecified atom stereocenters. The third kappa shape index (κ3) is 6.00. The highest BCUT2D eigenvalue weighted by molar-refractivity contribution is 7.92. The average Bonchev–Trinajstić information content (AvgIpc) is 2.64. The lowest BCUT2D eigenvalue weighted by atomic mass is 10.1. The van der Waals surface area contributed by atoms with Crippen molar-refractivity contribution in [1.29, 1.82) is 0 Å². The van der Waals surface area contributed by atoms with Gasteiger partial charge in [0.1, 0.15) is 5.75 Å². The van der Waals surface area contributed by atoms with Crippen molar-refractivity contribution in [3.05, 3.63) is 66.7 Å². The first kappa shape index (κ1) is 21.8. The molecule has 28 heavy (non-hydrogen) atoms. The summed E-state index contributed by atoms with van der Waals surface area (Å²) in [5.41, 5.74) is 1.48. The van der Waals surface area contributed by atoms with E-state index in [0.29, 0.717) is 12.2 Å².